The van der Waals surface area contributed by atoms with Gasteiger partial charge in [-0.1, -0.05) is 152 Å². The predicted octanol–water partition coefficient (Wildman–Crippen LogP) is 13.1. The van der Waals surface area contributed by atoms with Gasteiger partial charge in [0.25, 0.3) is 0 Å². The molecule has 10 aromatic rings. The van der Waals surface area contributed by atoms with Crippen LogP contribution in [0.15, 0.2) is 188 Å². The van der Waals surface area contributed by atoms with Crippen LogP contribution in [-0.4, -0.2) is 23.7 Å². The van der Waals surface area contributed by atoms with Crippen LogP contribution in [-0.2, 0) is 0 Å². The van der Waals surface area contributed by atoms with Gasteiger partial charge in [0.05, 0.1) is 39.5 Å². The molecular formula is C52H37N5. The molecule has 0 aliphatic heterocycles. The SMILES string of the molecule is C1=CCC(c2cc(-c3ccccc3)nc(-n3c4ccccc4c4ccc5c6ccccc6n(C6=CCC(n7c8ccccc8c8ccccc87)C=C6)c5c43)n2)C=C1. The first-order chi connectivity index (χ1) is 28.3. The molecule has 12 rings (SSSR count). The minimum Gasteiger partial charge on any atom is -0.333 e. The van der Waals surface area contributed by atoms with E-state index in [9.17, 15) is 0 Å². The van der Waals surface area contributed by atoms with Gasteiger partial charge in [-0.15, -0.1) is 0 Å². The lowest BCUT2D eigenvalue weighted by atomic mass is 9.96. The first-order valence-electron chi connectivity index (χ1n) is 19.9. The number of hydrogen-bond acceptors (Lipinski definition) is 2. The van der Waals surface area contributed by atoms with Crippen molar-refractivity contribution in [1.29, 1.82) is 0 Å². The Bertz CT molecular complexity index is 3310. The molecule has 4 aromatic heterocycles. The molecule has 2 unspecified atom stereocenters. The number of nitrogens with zero attached hydrogens (tertiary/aromatic N) is 5. The maximum Gasteiger partial charge on any atom is 0.235 e. The van der Waals surface area contributed by atoms with E-state index in [0.29, 0.717) is 5.95 Å². The van der Waals surface area contributed by atoms with Crippen LogP contribution in [0.3, 0.4) is 0 Å². The number of hydrogen-bond donors (Lipinski definition) is 0. The fourth-order valence-electron chi connectivity index (χ4n) is 9.54. The second-order valence-electron chi connectivity index (χ2n) is 15.3. The highest BCUT2D eigenvalue weighted by atomic mass is 15.2. The van der Waals surface area contributed by atoms with Crippen molar-refractivity contribution < 1.29 is 0 Å². The van der Waals surface area contributed by atoms with Crippen LogP contribution < -0.4 is 0 Å². The Labute approximate surface area is 329 Å². The average Bonchev–Trinajstić information content (AvgIpc) is 3.93. The van der Waals surface area contributed by atoms with E-state index < -0.39 is 0 Å². The first kappa shape index (κ1) is 32.0. The minimum absolute atomic E-state index is 0.166. The van der Waals surface area contributed by atoms with E-state index in [0.717, 1.165) is 46.3 Å². The van der Waals surface area contributed by atoms with Crippen LogP contribution >= 0.6 is 0 Å². The van der Waals surface area contributed by atoms with Gasteiger partial charge in [0.15, 0.2) is 0 Å². The highest BCUT2D eigenvalue weighted by Gasteiger charge is 2.25. The predicted molar refractivity (Wildman–Crippen MR) is 237 cm³/mol. The summed E-state index contributed by atoms with van der Waals surface area (Å²) in [6.07, 6.45) is 17.7. The molecular weight excluding hydrogens is 695 g/mol. The number of allylic oxidation sites excluding steroid dienone is 8. The van der Waals surface area contributed by atoms with Gasteiger partial charge < -0.3 is 9.13 Å². The molecule has 0 radical (unpaired) electrons. The van der Waals surface area contributed by atoms with Crippen molar-refractivity contribution in [1.82, 2.24) is 23.7 Å². The smallest absolute Gasteiger partial charge is 0.235 e. The third kappa shape index (κ3) is 4.88. The molecule has 4 heterocycles. The Kier molecular flexibility index (Phi) is 7.11. The van der Waals surface area contributed by atoms with Crippen LogP contribution in [0.5, 0.6) is 0 Å². The molecule has 0 spiro atoms. The van der Waals surface area contributed by atoms with Gasteiger partial charge in [-0.3, -0.25) is 4.57 Å². The van der Waals surface area contributed by atoms with Gasteiger partial charge in [-0.05, 0) is 49.2 Å². The third-order valence-electron chi connectivity index (χ3n) is 12.1. The van der Waals surface area contributed by atoms with Crippen molar-refractivity contribution in [2.24, 2.45) is 0 Å². The topological polar surface area (TPSA) is 40.6 Å². The van der Waals surface area contributed by atoms with Gasteiger partial charge in [0.1, 0.15) is 0 Å². The lowest BCUT2D eigenvalue weighted by molar-refractivity contribution is 0.647. The lowest BCUT2D eigenvalue weighted by Crippen LogP contribution is -2.10. The fraction of sp³-hybridized carbons (Fsp3) is 0.0769. The van der Waals surface area contributed by atoms with Gasteiger partial charge in [0.2, 0.25) is 5.95 Å². The molecule has 57 heavy (non-hydrogen) atoms. The lowest BCUT2D eigenvalue weighted by Gasteiger charge is -2.22. The molecule has 2 aliphatic carbocycles. The van der Waals surface area contributed by atoms with Gasteiger partial charge in [-0.2, -0.15) is 0 Å². The number of aromatic nitrogens is 5. The van der Waals surface area contributed by atoms with Gasteiger partial charge in [-0.25, -0.2) is 9.97 Å². The number of para-hydroxylation sites is 4. The highest BCUT2D eigenvalue weighted by molar-refractivity contribution is 6.24. The molecule has 5 nitrogen and oxygen atoms in total. The van der Waals surface area contributed by atoms with E-state index in [4.69, 9.17) is 9.97 Å². The number of fused-ring (bicyclic) bond motifs is 10. The van der Waals surface area contributed by atoms with E-state index in [-0.39, 0.29) is 12.0 Å². The number of benzene rings is 6. The van der Waals surface area contributed by atoms with Crippen molar-refractivity contribution in [2.45, 2.75) is 24.8 Å². The monoisotopic (exact) mass is 731 g/mol. The zero-order chi connectivity index (χ0) is 37.5. The quantitative estimate of drug-likeness (QED) is 0.177. The molecule has 0 N–H and O–H groups in total. The molecule has 6 aromatic carbocycles. The van der Waals surface area contributed by atoms with Crippen LogP contribution in [0, 0.1) is 0 Å². The summed E-state index contributed by atoms with van der Waals surface area (Å²) in [4.78, 5) is 10.8. The summed E-state index contributed by atoms with van der Waals surface area (Å²) in [5, 5.41) is 7.39. The summed E-state index contributed by atoms with van der Waals surface area (Å²) >= 11 is 0. The summed E-state index contributed by atoms with van der Waals surface area (Å²) < 4.78 is 7.33. The minimum atomic E-state index is 0.166. The van der Waals surface area contributed by atoms with Crippen molar-refractivity contribution in [3.05, 3.63) is 194 Å². The molecule has 2 atom stereocenters. The fourth-order valence-corrected chi connectivity index (χ4v) is 9.54. The Balaban J connectivity index is 1.11. The van der Waals surface area contributed by atoms with Crippen LogP contribution in [0.4, 0.5) is 0 Å². The van der Waals surface area contributed by atoms with Crippen molar-refractivity contribution in [3.63, 3.8) is 0 Å². The third-order valence-corrected chi connectivity index (χ3v) is 12.1. The second kappa shape index (κ2) is 12.7. The molecule has 2 aliphatic rings. The zero-order valence-corrected chi connectivity index (χ0v) is 31.2. The van der Waals surface area contributed by atoms with E-state index in [1.807, 2.05) is 0 Å². The Morgan fingerprint density at radius 3 is 1.68 bits per heavy atom. The second-order valence-corrected chi connectivity index (χ2v) is 15.3. The van der Waals surface area contributed by atoms with Crippen molar-refractivity contribution >= 4 is 71.1 Å². The maximum absolute atomic E-state index is 5.44. The summed E-state index contributed by atoms with van der Waals surface area (Å²) in [5.74, 6) is 0.850. The number of rotatable bonds is 5. The van der Waals surface area contributed by atoms with E-state index >= 15 is 0 Å². The van der Waals surface area contributed by atoms with E-state index in [2.05, 4.69) is 202 Å². The maximum atomic E-state index is 5.44. The highest BCUT2D eigenvalue weighted by Crippen LogP contribution is 2.43. The zero-order valence-electron chi connectivity index (χ0n) is 31.2. The van der Waals surface area contributed by atoms with Crippen LogP contribution in [0.2, 0.25) is 0 Å². The van der Waals surface area contributed by atoms with E-state index in [1.54, 1.807) is 0 Å². The molecule has 0 fully saturated rings. The Morgan fingerprint density at radius 2 is 1.07 bits per heavy atom. The molecule has 0 saturated carbocycles. The molecule has 0 saturated heterocycles. The van der Waals surface area contributed by atoms with E-state index in [1.165, 1.54) is 54.6 Å². The summed E-state index contributed by atoms with van der Waals surface area (Å²) in [7, 11) is 0. The Hall–Kier alpha value is -7.24. The van der Waals surface area contributed by atoms with Gasteiger partial charge >= 0.3 is 0 Å². The molecule has 0 bridgehead atoms. The molecule has 0 amide bonds. The summed E-state index contributed by atoms with van der Waals surface area (Å²) in [5.41, 5.74) is 11.3. The first-order valence-corrected chi connectivity index (χ1v) is 19.9. The van der Waals surface area contributed by atoms with Crippen LogP contribution in [0.25, 0.3) is 88.3 Å². The Morgan fingerprint density at radius 1 is 0.491 bits per heavy atom. The summed E-state index contributed by atoms with van der Waals surface area (Å²) in [6, 6.07) is 52.6. The van der Waals surface area contributed by atoms with Crippen LogP contribution in [0.1, 0.15) is 30.5 Å². The standard InChI is InChI=1S/C52H37N5/c1-3-15-34(16-4-1)44-33-45(35-17-5-2-6-18-35)54-52(53-44)57-49-26-14-10-22-41(49)43-32-31-42-40-21-9-13-25-48(40)56(50(42)51(43)57)37-29-27-36(28-30-37)55-46-23-11-7-19-38(46)39-20-8-12-24-47(39)55/h1-17,19-27,29-33,35-36H,18,28H2. The summed E-state index contributed by atoms with van der Waals surface area (Å²) in [6.45, 7) is 0. The van der Waals surface area contributed by atoms with Gasteiger partial charge in [0, 0.05) is 60.5 Å². The average molecular weight is 732 g/mol. The van der Waals surface area contributed by atoms with Crippen molar-refractivity contribution in [2.75, 3.05) is 0 Å². The molecule has 270 valence electrons. The normalized spacial score (nSPS) is 16.9. The largest absolute Gasteiger partial charge is 0.333 e. The molecule has 5 heteroatoms. The van der Waals surface area contributed by atoms with Crippen molar-refractivity contribution in [3.8, 4) is 17.2 Å².